The molecule has 3 rings (SSSR count). The summed E-state index contributed by atoms with van der Waals surface area (Å²) in [6.07, 6.45) is 3.02. The second-order valence-corrected chi connectivity index (χ2v) is 11.1. The van der Waals surface area contributed by atoms with Gasteiger partial charge in [0, 0.05) is 24.9 Å². The molecule has 3 fully saturated rings. The minimum absolute atomic E-state index is 0.0115. The van der Waals surface area contributed by atoms with Gasteiger partial charge in [0.05, 0.1) is 24.0 Å². The van der Waals surface area contributed by atoms with Crippen LogP contribution in [0, 0.1) is 35.0 Å². The molecule has 1 saturated heterocycles. The number of rotatable bonds is 7. The molecule has 0 amide bonds. The van der Waals surface area contributed by atoms with E-state index in [1.165, 1.54) is 0 Å². The summed E-state index contributed by atoms with van der Waals surface area (Å²) >= 11 is 0. The van der Waals surface area contributed by atoms with Gasteiger partial charge in [-0.2, -0.15) is 0 Å². The SMILES string of the molecule is CCC(C)(C)C(=O)O[C@H]1C[C@@H](CO)[C@@H](O)[C@@H]2CC[C@H](C)[C@H](CC[C@@H]3C[C@@H](O)CC(=O)O3)[C@H]21. The molecule has 7 heteroatoms. The highest BCUT2D eigenvalue weighted by Gasteiger charge is 2.52. The second-order valence-electron chi connectivity index (χ2n) is 11.1. The van der Waals surface area contributed by atoms with Crippen LogP contribution in [0.1, 0.15) is 79.1 Å². The first-order valence-electron chi connectivity index (χ1n) is 12.4. The van der Waals surface area contributed by atoms with Crippen molar-refractivity contribution in [2.45, 2.75) is 103 Å². The number of cyclic esters (lactones) is 1. The average Bonchev–Trinajstić information content (AvgIpc) is 2.73. The highest BCUT2D eigenvalue weighted by Crippen LogP contribution is 2.51. The lowest BCUT2D eigenvalue weighted by Gasteiger charge is -2.52. The third-order valence-corrected chi connectivity index (χ3v) is 8.55. The summed E-state index contributed by atoms with van der Waals surface area (Å²) in [5.74, 6) is -0.278. The Hall–Kier alpha value is -1.18. The van der Waals surface area contributed by atoms with Crippen LogP contribution in [-0.2, 0) is 19.1 Å². The van der Waals surface area contributed by atoms with E-state index in [0.717, 1.165) is 19.3 Å². The van der Waals surface area contributed by atoms with Gasteiger partial charge in [0.15, 0.2) is 0 Å². The van der Waals surface area contributed by atoms with Crippen LogP contribution >= 0.6 is 0 Å². The van der Waals surface area contributed by atoms with Crippen LogP contribution in [0.3, 0.4) is 0 Å². The van der Waals surface area contributed by atoms with Gasteiger partial charge in [0.1, 0.15) is 12.2 Å². The summed E-state index contributed by atoms with van der Waals surface area (Å²) in [4.78, 5) is 24.7. The number of esters is 2. The first kappa shape index (κ1) is 25.4. The number of hydrogen-bond acceptors (Lipinski definition) is 7. The van der Waals surface area contributed by atoms with E-state index in [1.54, 1.807) is 0 Å². The van der Waals surface area contributed by atoms with E-state index < -0.39 is 17.6 Å². The van der Waals surface area contributed by atoms with Crippen LogP contribution in [-0.4, -0.2) is 58.3 Å². The molecule has 0 spiro atoms. The van der Waals surface area contributed by atoms with E-state index in [9.17, 15) is 24.9 Å². The van der Waals surface area contributed by atoms with Crippen LogP contribution in [0.2, 0.25) is 0 Å². The molecule has 0 aromatic heterocycles. The number of fused-ring (bicyclic) bond motifs is 1. The molecule has 1 heterocycles. The fourth-order valence-corrected chi connectivity index (χ4v) is 6.10. The molecule has 2 saturated carbocycles. The number of carbonyl (C=O) groups excluding carboxylic acids is 2. The van der Waals surface area contributed by atoms with Gasteiger partial charge in [-0.05, 0) is 63.7 Å². The number of ether oxygens (including phenoxy) is 2. The van der Waals surface area contributed by atoms with E-state index >= 15 is 0 Å². The van der Waals surface area contributed by atoms with Gasteiger partial charge in [0.25, 0.3) is 0 Å². The Morgan fingerprint density at radius 1 is 1.19 bits per heavy atom. The summed E-state index contributed by atoms with van der Waals surface area (Å²) in [5.41, 5.74) is -0.581. The maximum atomic E-state index is 12.9. The third-order valence-electron chi connectivity index (χ3n) is 8.55. The molecule has 7 nitrogen and oxygen atoms in total. The normalized spacial score (nSPS) is 40.3. The molecule has 184 valence electrons. The standard InChI is InChI=1S/C25H42O7/c1-5-25(3,4)24(30)32-20-10-15(13-26)23(29)19-8-6-14(2)18(22(19)20)9-7-17-11-16(27)12-21(28)31-17/h14-20,22-23,26-27,29H,5-13H2,1-4H3/t14-,15-,16+,17+,18-,19+,20-,22+,23+/m0/s1. The molecule has 0 aromatic rings. The predicted octanol–water partition coefficient (Wildman–Crippen LogP) is 2.83. The average molecular weight is 455 g/mol. The van der Waals surface area contributed by atoms with Crippen molar-refractivity contribution < 1.29 is 34.4 Å². The minimum Gasteiger partial charge on any atom is -0.462 e. The molecule has 0 bridgehead atoms. The highest BCUT2D eigenvalue weighted by atomic mass is 16.6. The molecule has 0 aromatic carbocycles. The Bertz CT molecular complexity index is 663. The van der Waals surface area contributed by atoms with Gasteiger partial charge in [-0.1, -0.05) is 20.3 Å². The van der Waals surface area contributed by atoms with Gasteiger partial charge in [-0.25, -0.2) is 0 Å². The molecule has 0 radical (unpaired) electrons. The van der Waals surface area contributed by atoms with Gasteiger partial charge >= 0.3 is 11.9 Å². The zero-order valence-corrected chi connectivity index (χ0v) is 20.0. The molecule has 9 atom stereocenters. The first-order chi connectivity index (χ1) is 15.1. The fraction of sp³-hybridized carbons (Fsp3) is 0.920. The largest absolute Gasteiger partial charge is 0.462 e. The summed E-state index contributed by atoms with van der Waals surface area (Å²) in [6.45, 7) is 7.83. The molecule has 1 aliphatic heterocycles. The van der Waals surface area contributed by atoms with Gasteiger partial charge in [-0.3, -0.25) is 9.59 Å². The Morgan fingerprint density at radius 2 is 1.91 bits per heavy atom. The van der Waals surface area contributed by atoms with Crippen LogP contribution in [0.4, 0.5) is 0 Å². The van der Waals surface area contributed by atoms with Crippen molar-refractivity contribution in [2.24, 2.45) is 35.0 Å². The lowest BCUT2D eigenvalue weighted by atomic mass is 9.56. The van der Waals surface area contributed by atoms with Crippen LogP contribution < -0.4 is 0 Å². The molecule has 0 unspecified atom stereocenters. The smallest absolute Gasteiger partial charge is 0.311 e. The Labute approximate surface area is 191 Å². The molecule has 3 aliphatic rings. The number of aliphatic hydroxyl groups excluding tert-OH is 3. The number of hydrogen-bond donors (Lipinski definition) is 3. The quantitative estimate of drug-likeness (QED) is 0.507. The Balaban J connectivity index is 1.79. The summed E-state index contributed by atoms with van der Waals surface area (Å²) in [6, 6.07) is 0. The zero-order valence-electron chi connectivity index (χ0n) is 20.0. The fourth-order valence-electron chi connectivity index (χ4n) is 6.10. The molecular weight excluding hydrogens is 412 g/mol. The van der Waals surface area contributed by atoms with Gasteiger partial charge in [0.2, 0.25) is 0 Å². The second kappa shape index (κ2) is 10.4. The van der Waals surface area contributed by atoms with Crippen molar-refractivity contribution in [3.63, 3.8) is 0 Å². The monoisotopic (exact) mass is 454 g/mol. The van der Waals surface area contributed by atoms with Crippen molar-refractivity contribution in [2.75, 3.05) is 6.61 Å². The maximum Gasteiger partial charge on any atom is 0.311 e. The van der Waals surface area contributed by atoms with Crippen molar-refractivity contribution in [1.82, 2.24) is 0 Å². The molecule has 2 aliphatic carbocycles. The summed E-state index contributed by atoms with van der Waals surface area (Å²) in [5, 5.41) is 30.8. The van der Waals surface area contributed by atoms with E-state index in [4.69, 9.17) is 9.47 Å². The van der Waals surface area contributed by atoms with Gasteiger partial charge in [-0.15, -0.1) is 0 Å². The van der Waals surface area contributed by atoms with E-state index in [0.29, 0.717) is 31.6 Å². The van der Waals surface area contributed by atoms with E-state index in [1.807, 2.05) is 20.8 Å². The molecule has 32 heavy (non-hydrogen) atoms. The van der Waals surface area contributed by atoms with Crippen LogP contribution in [0.5, 0.6) is 0 Å². The maximum absolute atomic E-state index is 12.9. The highest BCUT2D eigenvalue weighted by molar-refractivity contribution is 5.76. The Morgan fingerprint density at radius 3 is 2.53 bits per heavy atom. The minimum atomic E-state index is -0.649. The lowest BCUT2D eigenvalue weighted by molar-refractivity contribution is -0.186. The summed E-state index contributed by atoms with van der Waals surface area (Å²) < 4.78 is 11.6. The molecule has 3 N–H and O–H groups in total. The predicted molar refractivity (Wildman–Crippen MR) is 118 cm³/mol. The number of carbonyl (C=O) groups is 2. The van der Waals surface area contributed by atoms with Crippen molar-refractivity contribution >= 4 is 11.9 Å². The van der Waals surface area contributed by atoms with Gasteiger partial charge < -0.3 is 24.8 Å². The van der Waals surface area contributed by atoms with Crippen molar-refractivity contribution in [3.8, 4) is 0 Å². The third kappa shape index (κ3) is 5.48. The zero-order chi connectivity index (χ0) is 23.6. The summed E-state index contributed by atoms with van der Waals surface area (Å²) in [7, 11) is 0. The van der Waals surface area contributed by atoms with Crippen molar-refractivity contribution in [3.05, 3.63) is 0 Å². The first-order valence-corrected chi connectivity index (χ1v) is 12.4. The topological polar surface area (TPSA) is 113 Å². The van der Waals surface area contributed by atoms with E-state index in [2.05, 4.69) is 6.92 Å². The Kier molecular flexibility index (Phi) is 8.26. The van der Waals surface area contributed by atoms with Crippen molar-refractivity contribution in [1.29, 1.82) is 0 Å². The van der Waals surface area contributed by atoms with E-state index in [-0.39, 0.29) is 60.8 Å². The lowest BCUT2D eigenvalue weighted by Crippen LogP contribution is -2.55. The van der Waals surface area contributed by atoms with Crippen LogP contribution in [0.25, 0.3) is 0 Å². The molecular formula is C25H42O7. The number of aliphatic hydroxyl groups is 3. The van der Waals surface area contributed by atoms with Crippen LogP contribution in [0.15, 0.2) is 0 Å².